The maximum Gasteiger partial charge on any atom is 0.101 e. The lowest BCUT2D eigenvalue weighted by Crippen LogP contribution is -2.08. The van der Waals surface area contributed by atoms with E-state index < -0.39 is 0 Å². The number of benzene rings is 8. The van der Waals surface area contributed by atoms with E-state index in [1.54, 1.807) is 0 Å². The number of anilines is 6. The predicted molar refractivity (Wildman–Crippen MR) is 255 cm³/mol. The number of thiophene rings is 3. The van der Waals surface area contributed by atoms with E-state index >= 15 is 0 Å². The maximum atomic E-state index is 3.99. The van der Waals surface area contributed by atoms with Gasteiger partial charge in [0.25, 0.3) is 0 Å². The highest BCUT2D eigenvalue weighted by molar-refractivity contribution is 7.27. The van der Waals surface area contributed by atoms with Gasteiger partial charge in [-0.1, -0.05) is 122 Å². The van der Waals surface area contributed by atoms with Gasteiger partial charge in [-0.25, -0.2) is 0 Å². The first-order chi connectivity index (χ1) is 28.1. The summed E-state index contributed by atoms with van der Waals surface area (Å²) in [4.78, 5) is 4.82. The third-order valence-electron chi connectivity index (χ3n) is 11.0. The summed E-state index contributed by atoms with van der Waals surface area (Å²) in [7, 11) is 0. The van der Waals surface area contributed by atoms with Gasteiger partial charge >= 0.3 is 0 Å². The van der Waals surface area contributed by atoms with Gasteiger partial charge in [-0.05, 0) is 105 Å². The smallest absolute Gasteiger partial charge is 0.101 e. The molecule has 270 valence electrons. The summed E-state index contributed by atoms with van der Waals surface area (Å²) in [5, 5.41) is 12.4. The normalized spacial score (nSPS) is 11.6. The Kier molecular flexibility index (Phi) is 8.07. The van der Waals surface area contributed by atoms with Gasteiger partial charge < -0.3 is 9.80 Å². The molecular weight excluding hydrogens is 749 g/mol. The van der Waals surface area contributed by atoms with Crippen molar-refractivity contribution in [1.82, 2.24) is 0 Å². The van der Waals surface area contributed by atoms with Gasteiger partial charge in [-0.15, -0.1) is 34.0 Å². The van der Waals surface area contributed by atoms with Gasteiger partial charge in [-0.3, -0.25) is 0 Å². The van der Waals surface area contributed by atoms with Crippen LogP contribution in [0.5, 0.6) is 0 Å². The zero-order valence-corrected chi connectivity index (χ0v) is 33.3. The van der Waals surface area contributed by atoms with E-state index in [4.69, 9.17) is 0 Å². The molecule has 0 aliphatic carbocycles. The van der Waals surface area contributed by atoms with E-state index in [9.17, 15) is 0 Å². The molecule has 11 aromatic rings. The zero-order valence-electron chi connectivity index (χ0n) is 30.9. The molecule has 8 aromatic carbocycles. The summed E-state index contributed by atoms with van der Waals surface area (Å²) in [6.45, 7) is 7.97. The van der Waals surface area contributed by atoms with E-state index in [0.29, 0.717) is 0 Å². The van der Waals surface area contributed by atoms with Gasteiger partial charge in [0.05, 0.1) is 11.4 Å². The Hall–Kier alpha value is -6.50. The fourth-order valence-electron chi connectivity index (χ4n) is 8.13. The predicted octanol–water partition coefficient (Wildman–Crippen LogP) is 17.0. The monoisotopic (exact) mass is 782 g/mol. The van der Waals surface area contributed by atoms with Crippen molar-refractivity contribution in [1.29, 1.82) is 0 Å². The Labute approximate surface area is 342 Å². The van der Waals surface area contributed by atoms with Crippen LogP contribution in [-0.4, -0.2) is 0 Å². The van der Waals surface area contributed by atoms with Crippen LogP contribution in [-0.2, 0) is 0 Å². The molecule has 0 aliphatic heterocycles. The number of hydrogen-bond donors (Lipinski definition) is 0. The molecule has 0 saturated heterocycles. The summed E-state index contributed by atoms with van der Waals surface area (Å²) >= 11 is 5.59. The van der Waals surface area contributed by atoms with Crippen LogP contribution in [0.25, 0.3) is 74.0 Å². The van der Waals surface area contributed by atoms with E-state index in [1.165, 1.54) is 83.3 Å². The fourth-order valence-corrected chi connectivity index (χ4v) is 11.5. The van der Waals surface area contributed by atoms with E-state index in [0.717, 1.165) is 22.5 Å². The third kappa shape index (κ3) is 5.74. The molecule has 57 heavy (non-hydrogen) atoms. The minimum Gasteiger partial charge on any atom is -0.301 e. The summed E-state index contributed by atoms with van der Waals surface area (Å²) in [5.41, 5.74) is 6.80. The van der Waals surface area contributed by atoms with E-state index in [-0.39, 0.29) is 0 Å². The summed E-state index contributed by atoms with van der Waals surface area (Å²) in [5.74, 6) is 0. The fraction of sp³-hybridized carbons (Fsp3) is 0. The highest BCUT2D eigenvalue weighted by Gasteiger charge is 2.21. The van der Waals surface area contributed by atoms with Crippen molar-refractivity contribution in [3.63, 3.8) is 0 Å². The number of fused-ring (bicyclic) bond motifs is 7. The summed E-state index contributed by atoms with van der Waals surface area (Å²) in [6.07, 6.45) is 3.80. The van der Waals surface area contributed by atoms with Crippen LogP contribution in [0.1, 0.15) is 11.1 Å². The first kappa shape index (κ1) is 33.8. The first-order valence-electron chi connectivity index (χ1n) is 19.0. The minimum atomic E-state index is 1.11. The lowest BCUT2D eigenvalue weighted by molar-refractivity contribution is 1.33. The van der Waals surface area contributed by atoms with Crippen LogP contribution < -0.4 is 9.80 Å². The van der Waals surface area contributed by atoms with E-state index in [2.05, 4.69) is 193 Å². The highest BCUT2D eigenvalue weighted by atomic mass is 32.1. The van der Waals surface area contributed by atoms with Crippen molar-refractivity contribution >= 4 is 141 Å². The molecule has 0 spiro atoms. The number of nitrogens with zero attached hydrogens (tertiary/aromatic N) is 2. The molecule has 0 aliphatic rings. The topological polar surface area (TPSA) is 6.48 Å². The third-order valence-corrected chi connectivity index (χ3v) is 14.2. The molecule has 11 rings (SSSR count). The Morgan fingerprint density at radius 2 is 0.772 bits per heavy atom. The van der Waals surface area contributed by atoms with Crippen molar-refractivity contribution in [2.45, 2.75) is 0 Å². The second kappa shape index (κ2) is 13.6. The lowest BCUT2D eigenvalue weighted by atomic mass is 10.1. The summed E-state index contributed by atoms with van der Waals surface area (Å²) in [6, 6.07) is 62.2. The zero-order chi connectivity index (χ0) is 38.0. The van der Waals surface area contributed by atoms with Gasteiger partial charge in [0, 0.05) is 51.7 Å². The molecule has 0 bridgehead atoms. The molecule has 0 fully saturated rings. The Morgan fingerprint density at radius 1 is 0.351 bits per heavy atom. The molecule has 5 heteroatoms. The molecular formula is C52H34N2S3. The van der Waals surface area contributed by atoms with Crippen molar-refractivity contribution in [3.05, 3.63) is 194 Å². The average Bonchev–Trinajstić information content (AvgIpc) is 3.96. The van der Waals surface area contributed by atoms with Crippen LogP contribution >= 0.6 is 34.0 Å². The van der Waals surface area contributed by atoms with Gasteiger partial charge in [0.1, 0.15) is 10.0 Å². The van der Waals surface area contributed by atoms with Crippen molar-refractivity contribution in [3.8, 4) is 0 Å². The largest absolute Gasteiger partial charge is 0.301 e. The molecule has 3 aromatic heterocycles. The molecule has 0 saturated carbocycles. The first-order valence-corrected chi connectivity index (χ1v) is 21.4. The van der Waals surface area contributed by atoms with Crippen LogP contribution in [0, 0.1) is 0 Å². The standard InChI is InChI=1S/C52H34N2S3/c1-3-33-19-23-39(24-20-33)53(45-17-9-13-35-11-5-7-15-41(35)45)51-29-37-27-49-43(31-47(37)56-51)44-32-48-38(28-50(44)55-49)30-52(57-48)54(40-25-21-34(4-2)22-26-40)46-18-10-14-36-12-6-8-16-42(36)46/h3-32H,1-2H2. The molecule has 0 amide bonds. The van der Waals surface area contributed by atoms with Gasteiger partial charge in [0.15, 0.2) is 0 Å². The van der Waals surface area contributed by atoms with E-state index in [1.807, 2.05) is 46.2 Å². The molecule has 0 unspecified atom stereocenters. The van der Waals surface area contributed by atoms with Crippen LogP contribution in [0.4, 0.5) is 32.8 Å². The maximum absolute atomic E-state index is 3.99. The minimum absolute atomic E-state index is 1.11. The Balaban J connectivity index is 1.05. The van der Waals surface area contributed by atoms with Crippen LogP contribution in [0.3, 0.4) is 0 Å². The second-order valence-corrected chi connectivity index (χ2v) is 17.5. The molecule has 2 nitrogen and oxygen atoms in total. The van der Waals surface area contributed by atoms with Crippen molar-refractivity contribution in [2.24, 2.45) is 0 Å². The average molecular weight is 783 g/mol. The molecule has 3 heterocycles. The lowest BCUT2D eigenvalue weighted by Gasteiger charge is -2.25. The molecule has 0 atom stereocenters. The van der Waals surface area contributed by atoms with Gasteiger partial charge in [0.2, 0.25) is 0 Å². The molecule has 0 radical (unpaired) electrons. The highest BCUT2D eigenvalue weighted by Crippen LogP contribution is 2.49. The number of hydrogen-bond acceptors (Lipinski definition) is 5. The quantitative estimate of drug-likeness (QED) is 0.151. The summed E-state index contributed by atoms with van der Waals surface area (Å²) < 4.78 is 5.18. The van der Waals surface area contributed by atoms with Crippen molar-refractivity contribution in [2.75, 3.05) is 9.80 Å². The number of rotatable bonds is 8. The Bertz CT molecular complexity index is 3110. The van der Waals surface area contributed by atoms with Crippen LogP contribution in [0.15, 0.2) is 183 Å². The Morgan fingerprint density at radius 3 is 1.21 bits per heavy atom. The SMILES string of the molecule is C=Cc1ccc(N(c2cc3cc4sc5cc6cc(N(c7ccc(C=C)cc7)c7cccc8ccccc78)sc6cc5c4cc3s2)c2cccc3ccccc23)cc1. The second-order valence-electron chi connectivity index (χ2n) is 14.3. The van der Waals surface area contributed by atoms with Crippen molar-refractivity contribution < 1.29 is 0 Å². The molecule has 0 N–H and O–H groups in total. The van der Waals surface area contributed by atoms with Gasteiger partial charge in [-0.2, -0.15) is 0 Å². The van der Waals surface area contributed by atoms with Crippen LogP contribution in [0.2, 0.25) is 0 Å².